The van der Waals surface area contributed by atoms with Crippen molar-refractivity contribution in [3.05, 3.63) is 24.3 Å². The van der Waals surface area contributed by atoms with Gasteiger partial charge in [0.15, 0.2) is 0 Å². The summed E-state index contributed by atoms with van der Waals surface area (Å²) in [5, 5.41) is 0. The highest BCUT2D eigenvalue weighted by Gasteiger charge is 2.31. The smallest absolute Gasteiger partial charge is 0.410 e. The summed E-state index contributed by atoms with van der Waals surface area (Å²) in [5.41, 5.74) is 0.531. The fourth-order valence-corrected chi connectivity index (χ4v) is 2.79. The van der Waals surface area contributed by atoms with Gasteiger partial charge < -0.3 is 9.64 Å². The summed E-state index contributed by atoms with van der Waals surface area (Å²) in [6.07, 6.45) is 6.02. The molecule has 23 heavy (non-hydrogen) atoms. The minimum atomic E-state index is -0.438. The summed E-state index contributed by atoms with van der Waals surface area (Å²) < 4.78 is 5.45. The second-order valence-electron chi connectivity index (χ2n) is 7.33. The molecule has 2 heterocycles. The van der Waals surface area contributed by atoms with Crippen LogP contribution in [0.2, 0.25) is 0 Å². The Balaban J connectivity index is 1.84. The van der Waals surface area contributed by atoms with E-state index in [1.807, 2.05) is 31.9 Å². The molecule has 1 aromatic heterocycles. The van der Waals surface area contributed by atoms with Gasteiger partial charge in [-0.3, -0.25) is 14.9 Å². The van der Waals surface area contributed by atoms with E-state index in [2.05, 4.69) is 28.8 Å². The monoisotopic (exact) mass is 320 g/mol. The van der Waals surface area contributed by atoms with E-state index in [-0.39, 0.29) is 12.1 Å². The first-order chi connectivity index (χ1) is 10.8. The molecule has 0 radical (unpaired) electrons. The van der Waals surface area contributed by atoms with E-state index >= 15 is 0 Å². The summed E-state index contributed by atoms with van der Waals surface area (Å²) in [6, 6.07) is 0.208. The molecule has 6 heteroatoms. The average molecular weight is 320 g/mol. The molecule has 0 bridgehead atoms. The summed E-state index contributed by atoms with van der Waals surface area (Å²) in [5.74, 6) is 0.464. The van der Waals surface area contributed by atoms with Gasteiger partial charge in [-0.25, -0.2) is 4.79 Å². The van der Waals surface area contributed by atoms with Crippen LogP contribution in [0.4, 0.5) is 4.79 Å². The van der Waals surface area contributed by atoms with Crippen LogP contribution in [-0.4, -0.2) is 58.1 Å². The largest absolute Gasteiger partial charge is 0.444 e. The Morgan fingerprint density at radius 3 is 2.83 bits per heavy atom. The van der Waals surface area contributed by atoms with Gasteiger partial charge in [0.25, 0.3) is 0 Å². The van der Waals surface area contributed by atoms with Gasteiger partial charge in [0.05, 0.1) is 11.7 Å². The van der Waals surface area contributed by atoms with Gasteiger partial charge in [-0.15, -0.1) is 0 Å². The molecule has 0 aliphatic carbocycles. The Morgan fingerprint density at radius 2 is 2.22 bits per heavy atom. The highest BCUT2D eigenvalue weighted by atomic mass is 16.6. The number of aromatic nitrogens is 2. The quantitative estimate of drug-likeness (QED) is 0.854. The zero-order valence-electron chi connectivity index (χ0n) is 14.8. The Kier molecular flexibility index (Phi) is 5.57. The van der Waals surface area contributed by atoms with Crippen molar-refractivity contribution in [2.75, 3.05) is 26.7 Å². The SMILES string of the molecule is C[C@H](c1cnccn1)N(C)C[C@@H]1CCN(C(=O)OC(C)(C)C)C1. The molecule has 0 N–H and O–H groups in total. The minimum Gasteiger partial charge on any atom is -0.444 e. The molecule has 1 saturated heterocycles. The van der Waals surface area contributed by atoms with E-state index in [1.54, 1.807) is 12.4 Å². The predicted molar refractivity (Wildman–Crippen MR) is 89.0 cm³/mol. The van der Waals surface area contributed by atoms with Crippen LogP contribution >= 0.6 is 0 Å². The van der Waals surface area contributed by atoms with Crippen LogP contribution in [-0.2, 0) is 4.74 Å². The van der Waals surface area contributed by atoms with Gasteiger partial charge >= 0.3 is 6.09 Å². The van der Waals surface area contributed by atoms with E-state index < -0.39 is 5.60 Å². The van der Waals surface area contributed by atoms with E-state index in [0.29, 0.717) is 5.92 Å². The lowest BCUT2D eigenvalue weighted by Gasteiger charge is -2.27. The molecule has 0 aromatic carbocycles. The van der Waals surface area contributed by atoms with Gasteiger partial charge in [-0.2, -0.15) is 0 Å². The number of hydrogen-bond donors (Lipinski definition) is 0. The van der Waals surface area contributed by atoms with Gasteiger partial charge in [-0.05, 0) is 47.1 Å². The van der Waals surface area contributed by atoms with Crippen molar-refractivity contribution in [1.82, 2.24) is 19.8 Å². The molecule has 1 amide bonds. The third kappa shape index (κ3) is 5.16. The van der Waals surface area contributed by atoms with Crippen LogP contribution in [0.3, 0.4) is 0 Å². The lowest BCUT2D eigenvalue weighted by atomic mass is 10.1. The molecule has 1 aliphatic rings. The molecule has 0 saturated carbocycles. The van der Waals surface area contributed by atoms with Gasteiger partial charge in [0.2, 0.25) is 0 Å². The maximum absolute atomic E-state index is 12.1. The number of hydrogen-bond acceptors (Lipinski definition) is 5. The third-order valence-corrected chi connectivity index (χ3v) is 4.16. The average Bonchev–Trinajstić information content (AvgIpc) is 2.94. The van der Waals surface area contributed by atoms with Crippen molar-refractivity contribution in [3.8, 4) is 0 Å². The fourth-order valence-electron chi connectivity index (χ4n) is 2.79. The van der Waals surface area contributed by atoms with E-state index in [1.165, 1.54) is 0 Å². The lowest BCUT2D eigenvalue weighted by molar-refractivity contribution is 0.0285. The molecule has 6 nitrogen and oxygen atoms in total. The highest BCUT2D eigenvalue weighted by Crippen LogP contribution is 2.23. The maximum atomic E-state index is 12.1. The zero-order chi connectivity index (χ0) is 17.0. The van der Waals surface area contributed by atoms with E-state index in [9.17, 15) is 4.79 Å². The van der Waals surface area contributed by atoms with Crippen molar-refractivity contribution in [1.29, 1.82) is 0 Å². The first-order valence-electron chi connectivity index (χ1n) is 8.20. The van der Waals surface area contributed by atoms with Crippen molar-refractivity contribution in [2.45, 2.75) is 45.8 Å². The lowest BCUT2D eigenvalue weighted by Crippen LogP contribution is -2.36. The Morgan fingerprint density at radius 1 is 1.48 bits per heavy atom. The van der Waals surface area contributed by atoms with Crippen molar-refractivity contribution < 1.29 is 9.53 Å². The Hall–Kier alpha value is -1.69. The highest BCUT2D eigenvalue weighted by molar-refractivity contribution is 5.68. The summed E-state index contributed by atoms with van der Waals surface area (Å²) in [7, 11) is 2.09. The third-order valence-electron chi connectivity index (χ3n) is 4.16. The summed E-state index contributed by atoms with van der Waals surface area (Å²) in [4.78, 5) is 24.7. The maximum Gasteiger partial charge on any atom is 0.410 e. The molecule has 1 fully saturated rings. The second kappa shape index (κ2) is 7.25. The number of nitrogens with zero attached hydrogens (tertiary/aromatic N) is 4. The molecule has 128 valence electrons. The van der Waals surface area contributed by atoms with Crippen LogP contribution in [0.5, 0.6) is 0 Å². The summed E-state index contributed by atoms with van der Waals surface area (Å²) >= 11 is 0. The first-order valence-corrected chi connectivity index (χ1v) is 8.20. The molecular formula is C17H28N4O2. The minimum absolute atomic E-state index is 0.204. The number of ether oxygens (including phenoxy) is 1. The molecule has 2 atom stereocenters. The number of amides is 1. The van der Waals surface area contributed by atoms with Crippen LogP contribution < -0.4 is 0 Å². The Labute approximate surface area is 138 Å². The first kappa shape index (κ1) is 17.7. The topological polar surface area (TPSA) is 58.6 Å². The van der Waals surface area contributed by atoms with Crippen molar-refractivity contribution in [3.63, 3.8) is 0 Å². The molecule has 2 rings (SSSR count). The number of carbonyl (C=O) groups is 1. The molecule has 0 unspecified atom stereocenters. The van der Waals surface area contributed by atoms with Gasteiger partial charge in [0.1, 0.15) is 5.60 Å². The predicted octanol–water partition coefficient (Wildman–Crippen LogP) is 2.73. The van der Waals surface area contributed by atoms with Crippen molar-refractivity contribution >= 4 is 6.09 Å². The second-order valence-corrected chi connectivity index (χ2v) is 7.33. The zero-order valence-corrected chi connectivity index (χ0v) is 14.8. The standard InChI is InChI=1S/C17H28N4O2/c1-13(15-10-18-7-8-19-15)20(5)11-14-6-9-21(12-14)16(22)23-17(2,3)4/h7-8,10,13-14H,6,9,11-12H2,1-5H3/t13-,14+/m1/s1. The van der Waals surface area contributed by atoms with Crippen LogP contribution in [0.1, 0.15) is 45.9 Å². The van der Waals surface area contributed by atoms with E-state index in [4.69, 9.17) is 4.74 Å². The van der Waals surface area contributed by atoms with Gasteiger partial charge in [0, 0.05) is 38.2 Å². The number of likely N-dealkylation sites (tertiary alicyclic amines) is 1. The van der Waals surface area contributed by atoms with E-state index in [0.717, 1.165) is 31.7 Å². The van der Waals surface area contributed by atoms with Crippen LogP contribution in [0.25, 0.3) is 0 Å². The number of carbonyl (C=O) groups excluding carboxylic acids is 1. The molecule has 0 spiro atoms. The fraction of sp³-hybridized carbons (Fsp3) is 0.706. The van der Waals surface area contributed by atoms with Gasteiger partial charge in [-0.1, -0.05) is 0 Å². The molecule has 1 aliphatic heterocycles. The molecule has 1 aromatic rings. The van der Waals surface area contributed by atoms with Crippen LogP contribution in [0.15, 0.2) is 18.6 Å². The summed E-state index contributed by atoms with van der Waals surface area (Å²) in [6.45, 7) is 10.3. The van der Waals surface area contributed by atoms with Crippen molar-refractivity contribution in [2.24, 2.45) is 5.92 Å². The number of rotatable bonds is 4. The Bertz CT molecular complexity index is 515. The molecular weight excluding hydrogens is 292 g/mol. The van der Waals surface area contributed by atoms with Crippen LogP contribution in [0, 0.1) is 5.92 Å². The normalized spacial score (nSPS) is 19.9.